The van der Waals surface area contributed by atoms with E-state index in [1.165, 1.54) is 22.4 Å². The van der Waals surface area contributed by atoms with Crippen molar-refractivity contribution < 1.29 is 9.84 Å². The Bertz CT molecular complexity index is 701. The third kappa shape index (κ3) is 5.24. The lowest BCUT2D eigenvalue weighted by molar-refractivity contribution is 0.106. The molecule has 1 aliphatic heterocycles. The van der Waals surface area contributed by atoms with Gasteiger partial charge in [-0.3, -0.25) is 4.90 Å². The first-order valence-electron chi connectivity index (χ1n) is 9.76. The Morgan fingerprint density at radius 1 is 1.04 bits per heavy atom. The topological polar surface area (TPSA) is 35.9 Å². The van der Waals surface area contributed by atoms with Crippen LogP contribution in [0.2, 0.25) is 0 Å². The van der Waals surface area contributed by atoms with Gasteiger partial charge in [-0.1, -0.05) is 30.3 Å². The van der Waals surface area contributed by atoms with Gasteiger partial charge in [0.15, 0.2) is 0 Å². The molecule has 1 aliphatic rings. The van der Waals surface area contributed by atoms with Crippen molar-refractivity contribution in [1.82, 2.24) is 4.90 Å². The van der Waals surface area contributed by atoms with Crippen LogP contribution in [0.1, 0.15) is 23.1 Å². The molecule has 0 bridgehead atoms. The average Bonchev–Trinajstić information content (AvgIpc) is 2.68. The second-order valence-corrected chi connectivity index (χ2v) is 7.42. The zero-order chi connectivity index (χ0) is 19.2. The summed E-state index contributed by atoms with van der Waals surface area (Å²) in [4.78, 5) is 4.70. The summed E-state index contributed by atoms with van der Waals surface area (Å²) in [5, 5.41) is 10.4. The number of para-hydroxylation sites is 1. The van der Waals surface area contributed by atoms with Crippen molar-refractivity contribution in [3.63, 3.8) is 0 Å². The number of hydrogen-bond acceptors (Lipinski definition) is 4. The van der Waals surface area contributed by atoms with Gasteiger partial charge < -0.3 is 14.7 Å². The summed E-state index contributed by atoms with van der Waals surface area (Å²) in [5.74, 6) is 0.872. The molecule has 0 spiro atoms. The molecule has 145 valence electrons. The summed E-state index contributed by atoms with van der Waals surface area (Å²) in [6.07, 6.45) is 1.37. The van der Waals surface area contributed by atoms with E-state index in [1.807, 2.05) is 12.1 Å². The van der Waals surface area contributed by atoms with Crippen LogP contribution in [0, 0.1) is 20.4 Å². The van der Waals surface area contributed by atoms with Gasteiger partial charge in [-0.25, -0.2) is 0 Å². The Morgan fingerprint density at radius 2 is 1.74 bits per heavy atom. The summed E-state index contributed by atoms with van der Waals surface area (Å²) in [5.41, 5.74) is 5.21. The number of anilines is 1. The van der Waals surface area contributed by atoms with Crippen molar-refractivity contribution in [2.24, 2.45) is 0 Å². The summed E-state index contributed by atoms with van der Waals surface area (Å²) in [6.45, 7) is 10.2. The first-order chi connectivity index (χ1) is 13.1. The monoisotopic (exact) mass is 367 g/mol. The molecule has 2 aromatic carbocycles. The van der Waals surface area contributed by atoms with E-state index in [2.05, 4.69) is 60.5 Å². The molecule has 1 saturated heterocycles. The van der Waals surface area contributed by atoms with Crippen molar-refractivity contribution in [3.05, 3.63) is 65.7 Å². The Balaban J connectivity index is 1.44. The fourth-order valence-corrected chi connectivity index (χ4v) is 3.79. The maximum atomic E-state index is 10.4. The highest BCUT2D eigenvalue weighted by Gasteiger charge is 2.21. The number of benzene rings is 2. The third-order valence-electron chi connectivity index (χ3n) is 5.34. The van der Waals surface area contributed by atoms with Crippen LogP contribution in [-0.2, 0) is 6.42 Å². The van der Waals surface area contributed by atoms with Crippen LogP contribution in [0.5, 0.6) is 5.75 Å². The Hall–Kier alpha value is -2.04. The van der Waals surface area contributed by atoms with Gasteiger partial charge >= 0.3 is 0 Å². The number of aliphatic hydroxyl groups is 1. The fraction of sp³-hybridized carbons (Fsp3) is 0.435. The minimum atomic E-state index is -0.299. The predicted octanol–water partition coefficient (Wildman–Crippen LogP) is 3.59. The second-order valence-electron chi connectivity index (χ2n) is 7.42. The lowest BCUT2D eigenvalue weighted by Gasteiger charge is -2.37. The summed E-state index contributed by atoms with van der Waals surface area (Å²) in [7, 11) is 1.68. The number of piperazine rings is 1. The Labute approximate surface area is 163 Å². The number of ether oxygens (including phenoxy) is 1. The van der Waals surface area contributed by atoms with Gasteiger partial charge in [0.05, 0.1) is 19.8 Å². The molecule has 0 amide bonds. The molecule has 1 radical (unpaired) electrons. The highest BCUT2D eigenvalue weighted by atomic mass is 16.5. The van der Waals surface area contributed by atoms with Crippen molar-refractivity contribution in [2.45, 2.75) is 32.8 Å². The normalized spacial score (nSPS) is 16.4. The van der Waals surface area contributed by atoms with Gasteiger partial charge in [-0.2, -0.15) is 0 Å². The first-order valence-corrected chi connectivity index (χ1v) is 9.76. The number of β-amino-alcohol motifs (C(OH)–C–C–N with tert-alkyl or cyclic N) is 1. The Kier molecular flexibility index (Phi) is 6.75. The van der Waals surface area contributed by atoms with Crippen LogP contribution in [0.3, 0.4) is 0 Å². The molecule has 1 heterocycles. The maximum Gasteiger partial charge on any atom is 0.118 e. The van der Waals surface area contributed by atoms with E-state index in [-0.39, 0.29) is 6.10 Å². The smallest absolute Gasteiger partial charge is 0.118 e. The van der Waals surface area contributed by atoms with Crippen LogP contribution in [0.25, 0.3) is 0 Å². The van der Waals surface area contributed by atoms with E-state index in [0.29, 0.717) is 0 Å². The molecule has 3 rings (SSSR count). The van der Waals surface area contributed by atoms with Crippen LogP contribution in [0.15, 0.2) is 42.5 Å². The zero-order valence-corrected chi connectivity index (χ0v) is 16.7. The highest BCUT2D eigenvalue weighted by Crippen LogP contribution is 2.27. The van der Waals surface area contributed by atoms with Crippen LogP contribution in [0.4, 0.5) is 5.69 Å². The van der Waals surface area contributed by atoms with Gasteiger partial charge in [-0.05, 0) is 55.5 Å². The lowest BCUT2D eigenvalue weighted by Crippen LogP contribution is -2.46. The zero-order valence-electron chi connectivity index (χ0n) is 16.7. The number of rotatable bonds is 7. The SMILES string of the molecule is COc1ccc(CCC(O)CN2C[CH]N(c3c(C)cccc3C)CC2)cc1. The minimum Gasteiger partial charge on any atom is -0.497 e. The number of aliphatic hydroxyl groups excluding tert-OH is 1. The van der Waals surface area contributed by atoms with Gasteiger partial charge in [0, 0.05) is 31.9 Å². The molecule has 1 N–H and O–H groups in total. The fourth-order valence-electron chi connectivity index (χ4n) is 3.79. The number of hydrogen-bond donors (Lipinski definition) is 1. The van der Waals surface area contributed by atoms with E-state index in [4.69, 9.17) is 4.74 Å². The van der Waals surface area contributed by atoms with Crippen molar-refractivity contribution in [2.75, 3.05) is 38.2 Å². The average molecular weight is 368 g/mol. The van der Waals surface area contributed by atoms with Gasteiger partial charge in [0.2, 0.25) is 0 Å². The van der Waals surface area contributed by atoms with Crippen LogP contribution >= 0.6 is 0 Å². The molecule has 1 atom stereocenters. The van der Waals surface area contributed by atoms with Gasteiger partial charge in [0.25, 0.3) is 0 Å². The first kappa shape index (κ1) is 19.7. The number of nitrogens with zero attached hydrogens (tertiary/aromatic N) is 2. The third-order valence-corrected chi connectivity index (χ3v) is 5.34. The molecule has 27 heavy (non-hydrogen) atoms. The van der Waals surface area contributed by atoms with E-state index < -0.39 is 0 Å². The minimum absolute atomic E-state index is 0.299. The van der Waals surface area contributed by atoms with Crippen LogP contribution < -0.4 is 9.64 Å². The molecule has 1 fully saturated rings. The largest absolute Gasteiger partial charge is 0.497 e. The molecule has 4 heteroatoms. The summed E-state index contributed by atoms with van der Waals surface area (Å²) < 4.78 is 5.19. The van der Waals surface area contributed by atoms with E-state index >= 15 is 0 Å². The molecular weight excluding hydrogens is 336 g/mol. The molecule has 0 aliphatic carbocycles. The molecule has 0 aromatic heterocycles. The van der Waals surface area contributed by atoms with Crippen molar-refractivity contribution in [1.29, 1.82) is 0 Å². The molecule has 0 saturated carbocycles. The van der Waals surface area contributed by atoms with Crippen molar-refractivity contribution >= 4 is 5.69 Å². The standard InChI is InChI=1S/C23H31N2O2/c1-18-5-4-6-19(2)23(18)25-15-13-24(14-16-25)17-21(26)10-7-20-8-11-22(27-3)12-9-20/h4-6,8-9,11-12,15,21,26H,7,10,13-14,16-17H2,1-3H3. The molecule has 1 unspecified atom stereocenters. The molecular formula is C23H31N2O2. The van der Waals surface area contributed by atoms with Crippen molar-refractivity contribution in [3.8, 4) is 5.75 Å². The van der Waals surface area contributed by atoms with Gasteiger partial charge in [-0.15, -0.1) is 0 Å². The number of methoxy groups -OCH3 is 1. The Morgan fingerprint density at radius 3 is 2.33 bits per heavy atom. The van der Waals surface area contributed by atoms with Crippen LogP contribution in [-0.4, -0.2) is 49.4 Å². The molecule has 4 nitrogen and oxygen atoms in total. The maximum absolute atomic E-state index is 10.4. The quantitative estimate of drug-likeness (QED) is 0.811. The lowest BCUT2D eigenvalue weighted by atomic mass is 10.1. The summed E-state index contributed by atoms with van der Waals surface area (Å²) >= 11 is 0. The second kappa shape index (κ2) is 9.25. The molecule has 2 aromatic rings. The van der Waals surface area contributed by atoms with Gasteiger partial charge in [0.1, 0.15) is 5.75 Å². The van der Waals surface area contributed by atoms with E-state index in [0.717, 1.165) is 44.8 Å². The number of aryl methyl sites for hydroxylation is 3. The predicted molar refractivity (Wildman–Crippen MR) is 111 cm³/mol. The van der Waals surface area contributed by atoms with E-state index in [1.54, 1.807) is 7.11 Å². The highest BCUT2D eigenvalue weighted by molar-refractivity contribution is 5.60. The van der Waals surface area contributed by atoms with E-state index in [9.17, 15) is 5.11 Å². The summed E-state index contributed by atoms with van der Waals surface area (Å²) in [6, 6.07) is 14.6.